The summed E-state index contributed by atoms with van der Waals surface area (Å²) in [5.74, 6) is 1.56. The van der Waals surface area contributed by atoms with Gasteiger partial charge in [-0.1, -0.05) is 0 Å². The number of H-pyrrole nitrogens is 6. The molecule has 1 aliphatic rings. The van der Waals surface area contributed by atoms with Crippen LogP contribution in [0.2, 0.25) is 0 Å². The van der Waals surface area contributed by atoms with Crippen LogP contribution < -0.4 is 21.4 Å². The predicted octanol–water partition coefficient (Wildman–Crippen LogP) is 0.911. The average molecular weight is 445 g/mol. The zero-order valence-corrected chi connectivity index (χ0v) is 18.0. The molecule has 34 heavy (non-hydrogen) atoms. The van der Waals surface area contributed by atoms with Crippen molar-refractivity contribution in [2.24, 2.45) is 0 Å². The lowest BCUT2D eigenvalue weighted by Gasteiger charge is -2.03. The summed E-state index contributed by atoms with van der Waals surface area (Å²) in [4.78, 5) is 29.7. The van der Waals surface area contributed by atoms with E-state index < -0.39 is 0 Å². The fraction of sp³-hybridized carbons (Fsp3) is 0. The maximum absolute atomic E-state index is 4.54. The van der Waals surface area contributed by atoms with E-state index in [1.807, 2.05) is 12.4 Å². The average Bonchev–Trinajstić information content (AvgIpc) is 3.67. The van der Waals surface area contributed by atoms with Gasteiger partial charge in [0.1, 0.15) is 11.6 Å². The standard InChI is InChI=1S/C26H20N8/c1-2-16-14-18-4-6-20(33-18)24(26-29-11-12-30-26)22-8-7-21(34-22)23(25-27-9-10-28-25)19-5-3-17(32-19)13-15(1)31-16/h1-14,31-34H,(H,27,28)(H,29,30). The van der Waals surface area contributed by atoms with Crippen LogP contribution in [-0.4, -0.2) is 39.9 Å². The Labute approximate surface area is 192 Å². The van der Waals surface area contributed by atoms with Crippen LogP contribution in [-0.2, 0) is 0 Å². The zero-order chi connectivity index (χ0) is 22.5. The van der Waals surface area contributed by atoms with Crippen LogP contribution in [0.3, 0.4) is 0 Å². The van der Waals surface area contributed by atoms with Crippen molar-refractivity contribution in [1.29, 1.82) is 0 Å². The molecule has 164 valence electrons. The van der Waals surface area contributed by atoms with E-state index in [1.54, 1.807) is 12.4 Å². The van der Waals surface area contributed by atoms with Crippen LogP contribution >= 0.6 is 0 Å². The third kappa shape index (κ3) is 3.08. The maximum Gasteiger partial charge on any atom is 0.141 e. The molecular formula is C26H20N8. The van der Waals surface area contributed by atoms with Gasteiger partial charge >= 0.3 is 0 Å². The van der Waals surface area contributed by atoms with Crippen LogP contribution in [0.4, 0.5) is 0 Å². The van der Waals surface area contributed by atoms with Crippen molar-refractivity contribution in [3.63, 3.8) is 0 Å². The minimum Gasteiger partial charge on any atom is -0.355 e. The molecule has 8 bridgehead atoms. The second-order valence-corrected chi connectivity index (χ2v) is 8.22. The number of nitrogens with one attached hydrogen (secondary N) is 6. The number of aromatic nitrogens is 8. The number of aromatic amines is 6. The number of rotatable bonds is 2. The van der Waals surface area contributed by atoms with E-state index in [-0.39, 0.29) is 0 Å². The molecule has 0 spiro atoms. The van der Waals surface area contributed by atoms with Crippen molar-refractivity contribution < 1.29 is 0 Å². The first-order valence-electron chi connectivity index (χ1n) is 11.0. The van der Waals surface area contributed by atoms with Crippen LogP contribution in [0.1, 0.15) is 34.4 Å². The van der Waals surface area contributed by atoms with E-state index in [0.717, 1.165) is 67.0 Å². The van der Waals surface area contributed by atoms with Crippen LogP contribution in [0, 0.1) is 0 Å². The highest BCUT2D eigenvalue weighted by Crippen LogP contribution is 2.19. The molecule has 0 amide bonds. The Hall–Kier alpha value is -4.98. The summed E-state index contributed by atoms with van der Waals surface area (Å²) in [5.41, 5.74) is 5.82. The summed E-state index contributed by atoms with van der Waals surface area (Å²) in [5, 5.41) is 3.91. The summed E-state index contributed by atoms with van der Waals surface area (Å²) < 4.78 is 0. The van der Waals surface area contributed by atoms with Gasteiger partial charge < -0.3 is 29.9 Å². The second kappa shape index (κ2) is 7.28. The molecule has 7 heterocycles. The highest BCUT2D eigenvalue weighted by atomic mass is 14.9. The van der Waals surface area contributed by atoms with Crippen molar-refractivity contribution in [3.8, 4) is 0 Å². The van der Waals surface area contributed by atoms with Crippen molar-refractivity contribution in [2.45, 2.75) is 0 Å². The molecule has 7 rings (SSSR count). The number of fused-ring (bicyclic) bond motifs is 8. The summed E-state index contributed by atoms with van der Waals surface area (Å²) >= 11 is 0. The van der Waals surface area contributed by atoms with E-state index in [2.05, 4.69) is 101 Å². The van der Waals surface area contributed by atoms with E-state index in [0.29, 0.717) is 0 Å². The summed E-state index contributed by atoms with van der Waals surface area (Å²) in [6, 6.07) is 16.6. The molecule has 6 aromatic rings. The molecule has 8 nitrogen and oxygen atoms in total. The van der Waals surface area contributed by atoms with E-state index in [4.69, 9.17) is 0 Å². The molecule has 0 atom stereocenters. The quantitative estimate of drug-likeness (QED) is 0.238. The minimum absolute atomic E-state index is 0.779. The fourth-order valence-corrected chi connectivity index (χ4v) is 4.51. The summed E-state index contributed by atoms with van der Waals surface area (Å²) in [7, 11) is 0. The van der Waals surface area contributed by atoms with Crippen LogP contribution in [0.15, 0.2) is 73.3 Å². The Kier molecular flexibility index (Phi) is 3.98. The molecule has 0 saturated heterocycles. The normalized spacial score (nSPS) is 13.1. The van der Waals surface area contributed by atoms with Crippen LogP contribution in [0.5, 0.6) is 0 Å². The lowest BCUT2D eigenvalue weighted by molar-refractivity contribution is 1.14. The molecule has 0 aliphatic carbocycles. The molecule has 6 N–H and O–H groups in total. The van der Waals surface area contributed by atoms with E-state index in [1.165, 1.54) is 0 Å². The van der Waals surface area contributed by atoms with Crippen molar-refractivity contribution in [2.75, 3.05) is 0 Å². The Morgan fingerprint density at radius 1 is 0.500 bits per heavy atom. The van der Waals surface area contributed by atoms with Gasteiger partial charge in [-0.3, -0.25) is 0 Å². The third-order valence-corrected chi connectivity index (χ3v) is 6.00. The first kappa shape index (κ1) is 18.6. The first-order valence-corrected chi connectivity index (χ1v) is 11.0. The predicted molar refractivity (Wildman–Crippen MR) is 129 cm³/mol. The highest BCUT2D eigenvalue weighted by Gasteiger charge is 2.15. The van der Waals surface area contributed by atoms with Gasteiger partial charge in [0.05, 0.1) is 33.2 Å². The Morgan fingerprint density at radius 3 is 1.50 bits per heavy atom. The van der Waals surface area contributed by atoms with Gasteiger partial charge in [-0.05, 0) is 60.7 Å². The topological polar surface area (TPSA) is 121 Å². The molecule has 0 fully saturated rings. The van der Waals surface area contributed by atoms with Gasteiger partial charge in [-0.25, -0.2) is 9.97 Å². The third-order valence-electron chi connectivity index (χ3n) is 6.00. The monoisotopic (exact) mass is 444 g/mol. The second-order valence-electron chi connectivity index (χ2n) is 8.22. The van der Waals surface area contributed by atoms with Crippen LogP contribution in [0.25, 0.3) is 23.3 Å². The van der Waals surface area contributed by atoms with E-state index in [9.17, 15) is 0 Å². The van der Waals surface area contributed by atoms with E-state index >= 15 is 0 Å². The van der Waals surface area contributed by atoms with Gasteiger partial charge in [0.2, 0.25) is 0 Å². The van der Waals surface area contributed by atoms with Crippen molar-refractivity contribution in [3.05, 3.63) is 129 Å². The molecule has 0 radical (unpaired) electrons. The maximum atomic E-state index is 4.54. The Bertz CT molecular complexity index is 1720. The first-order chi connectivity index (χ1) is 16.8. The van der Waals surface area contributed by atoms with Gasteiger partial charge in [0.15, 0.2) is 0 Å². The molecule has 0 saturated carbocycles. The highest BCUT2D eigenvalue weighted by molar-refractivity contribution is 5.76. The lowest BCUT2D eigenvalue weighted by atomic mass is 10.1. The van der Waals surface area contributed by atoms with Gasteiger partial charge in [0, 0.05) is 46.9 Å². The number of hydrogen-bond acceptors (Lipinski definition) is 2. The zero-order valence-electron chi connectivity index (χ0n) is 18.0. The fourth-order valence-electron chi connectivity index (χ4n) is 4.51. The molecule has 6 aromatic heterocycles. The van der Waals surface area contributed by atoms with Gasteiger partial charge in [0.25, 0.3) is 0 Å². The number of nitrogens with zero attached hydrogens (tertiary/aromatic N) is 2. The van der Waals surface area contributed by atoms with Crippen molar-refractivity contribution in [1.82, 2.24) is 39.9 Å². The Balaban J connectivity index is 1.61. The Morgan fingerprint density at radius 2 is 1.03 bits per heavy atom. The van der Waals surface area contributed by atoms with Gasteiger partial charge in [-0.2, -0.15) is 0 Å². The van der Waals surface area contributed by atoms with Gasteiger partial charge in [-0.15, -0.1) is 0 Å². The molecular weight excluding hydrogens is 424 g/mol. The smallest absolute Gasteiger partial charge is 0.141 e. The molecule has 8 heteroatoms. The minimum atomic E-state index is 0.779. The number of imidazole rings is 2. The number of hydrogen-bond donors (Lipinski definition) is 6. The summed E-state index contributed by atoms with van der Waals surface area (Å²) in [6.07, 6.45) is 11.4. The largest absolute Gasteiger partial charge is 0.355 e. The lowest BCUT2D eigenvalue weighted by Crippen LogP contribution is -2.18. The molecule has 0 aromatic carbocycles. The molecule has 1 aliphatic heterocycles. The SMILES string of the molecule is C1=c2ccc([nH]2)=Cc2ccc([nH]2)C(c2ncc[nH]2)=c2ccc([nH]2)=C(c2ncc[nH]2)c2ccc1[nH]2. The van der Waals surface area contributed by atoms with Crippen molar-refractivity contribution >= 4 is 23.3 Å². The summed E-state index contributed by atoms with van der Waals surface area (Å²) in [6.45, 7) is 0. The molecule has 0 unspecified atom stereocenters.